The maximum absolute atomic E-state index is 12.8. The van der Waals surface area contributed by atoms with Crippen molar-refractivity contribution >= 4 is 33.3 Å². The Balaban J connectivity index is 2.81. The van der Waals surface area contributed by atoms with Crippen LogP contribution in [0.3, 0.4) is 0 Å². The predicted octanol–water partition coefficient (Wildman–Crippen LogP) is 1.76. The molecular formula is C10H6F3N3O5S. The first-order chi connectivity index (χ1) is 10.1. The lowest BCUT2D eigenvalue weighted by Crippen LogP contribution is -2.33. The Hall–Kier alpha value is -2.63. The Bertz CT molecular complexity index is 826. The predicted molar refractivity (Wildman–Crippen MR) is 68.8 cm³/mol. The summed E-state index contributed by atoms with van der Waals surface area (Å²) in [4.78, 5) is 36.2. The van der Waals surface area contributed by atoms with Crippen molar-refractivity contribution in [3.63, 3.8) is 0 Å². The molecule has 22 heavy (non-hydrogen) atoms. The zero-order valence-electron chi connectivity index (χ0n) is 10.6. The fourth-order valence-corrected chi connectivity index (χ4v) is 2.47. The molecule has 1 heterocycles. The third-order valence-electron chi connectivity index (χ3n) is 2.53. The number of hydrogen-bond donors (Lipinski definition) is 1. The maximum Gasteiger partial charge on any atom is 0.431 e. The number of aromatic nitrogens is 1. The molecule has 1 aromatic heterocycles. The number of nitro groups is 1. The van der Waals surface area contributed by atoms with E-state index in [2.05, 4.69) is 4.84 Å². The molecule has 2 aromatic rings. The first-order valence-corrected chi connectivity index (χ1v) is 6.28. The van der Waals surface area contributed by atoms with Gasteiger partial charge in [-0.25, -0.2) is 4.79 Å². The van der Waals surface area contributed by atoms with Gasteiger partial charge in [0, 0.05) is 13.1 Å². The van der Waals surface area contributed by atoms with E-state index in [-0.39, 0.29) is 9.43 Å². The minimum absolute atomic E-state index is 0.279. The van der Waals surface area contributed by atoms with Crippen molar-refractivity contribution < 1.29 is 27.7 Å². The number of alkyl halides is 3. The van der Waals surface area contributed by atoms with Crippen LogP contribution in [-0.2, 0) is 6.18 Å². The van der Waals surface area contributed by atoms with E-state index < -0.39 is 38.8 Å². The number of non-ortho nitro benzene ring substituents is 1. The number of rotatable bonds is 2. The lowest BCUT2D eigenvalue weighted by atomic mass is 10.2. The highest BCUT2D eigenvalue weighted by atomic mass is 32.1. The zero-order valence-corrected chi connectivity index (χ0v) is 11.4. The van der Waals surface area contributed by atoms with Crippen molar-refractivity contribution in [1.82, 2.24) is 10.0 Å². The smallest absolute Gasteiger partial charge is 0.323 e. The Labute approximate surface area is 122 Å². The van der Waals surface area contributed by atoms with Crippen LogP contribution in [0.2, 0.25) is 0 Å². The van der Waals surface area contributed by atoms with Crippen LogP contribution < -0.4 is 15.0 Å². The van der Waals surface area contributed by atoms with E-state index in [1.54, 1.807) is 0 Å². The minimum Gasteiger partial charge on any atom is -0.323 e. The van der Waals surface area contributed by atoms with Gasteiger partial charge in [-0.2, -0.15) is 13.2 Å². The van der Waals surface area contributed by atoms with Gasteiger partial charge in [0.1, 0.15) is 10.2 Å². The summed E-state index contributed by atoms with van der Waals surface area (Å²) in [5.74, 6) is 0. The Morgan fingerprint density at radius 3 is 2.59 bits per heavy atom. The minimum atomic E-state index is -4.87. The number of nitro benzene ring substituents is 1. The van der Waals surface area contributed by atoms with Gasteiger partial charge in [0.05, 0.1) is 10.5 Å². The van der Waals surface area contributed by atoms with E-state index in [1.165, 1.54) is 7.05 Å². The van der Waals surface area contributed by atoms with Crippen molar-refractivity contribution in [1.29, 1.82) is 0 Å². The van der Waals surface area contributed by atoms with Crippen molar-refractivity contribution in [2.75, 3.05) is 7.05 Å². The highest BCUT2D eigenvalue weighted by Gasteiger charge is 2.35. The van der Waals surface area contributed by atoms with Crippen molar-refractivity contribution in [2.45, 2.75) is 6.18 Å². The third-order valence-corrected chi connectivity index (χ3v) is 3.49. The Kier molecular flexibility index (Phi) is 3.79. The van der Waals surface area contributed by atoms with Gasteiger partial charge in [0.2, 0.25) is 0 Å². The van der Waals surface area contributed by atoms with Crippen LogP contribution in [-0.4, -0.2) is 22.8 Å². The van der Waals surface area contributed by atoms with Gasteiger partial charge in [0.25, 0.3) is 5.69 Å². The maximum atomic E-state index is 12.8. The molecule has 1 N–H and O–H groups in total. The Morgan fingerprint density at radius 2 is 2.09 bits per heavy atom. The van der Waals surface area contributed by atoms with Gasteiger partial charge in [-0.3, -0.25) is 14.9 Å². The second kappa shape index (κ2) is 5.29. The van der Waals surface area contributed by atoms with E-state index >= 15 is 0 Å². The first kappa shape index (κ1) is 15.8. The van der Waals surface area contributed by atoms with Gasteiger partial charge < -0.3 is 10.2 Å². The van der Waals surface area contributed by atoms with Crippen LogP contribution in [0.25, 0.3) is 10.2 Å². The molecule has 0 saturated carbocycles. The van der Waals surface area contributed by atoms with E-state index in [4.69, 9.17) is 0 Å². The molecule has 0 bridgehead atoms. The van der Waals surface area contributed by atoms with Crippen LogP contribution in [0.5, 0.6) is 0 Å². The van der Waals surface area contributed by atoms with Gasteiger partial charge in [-0.05, 0) is 6.07 Å². The average molecular weight is 337 g/mol. The Morgan fingerprint density at radius 1 is 1.45 bits per heavy atom. The second-order valence-corrected chi connectivity index (χ2v) is 4.85. The number of carbonyl (C=O) groups is 1. The number of amides is 1. The molecule has 0 fully saturated rings. The topological polar surface area (TPSA) is 103 Å². The van der Waals surface area contributed by atoms with E-state index in [9.17, 15) is 32.9 Å². The van der Waals surface area contributed by atoms with Crippen molar-refractivity contribution in [2.24, 2.45) is 0 Å². The molecule has 118 valence electrons. The molecule has 1 amide bonds. The first-order valence-electron chi connectivity index (χ1n) is 5.46. The van der Waals surface area contributed by atoms with Crippen LogP contribution in [0.1, 0.15) is 5.56 Å². The number of hydrogen-bond acceptors (Lipinski definition) is 6. The summed E-state index contributed by atoms with van der Waals surface area (Å²) >= 11 is 0.299. The average Bonchev–Trinajstić information content (AvgIpc) is 2.72. The number of benzene rings is 1. The number of halogens is 3. The van der Waals surface area contributed by atoms with E-state index in [0.29, 0.717) is 23.5 Å². The fourth-order valence-electron chi connectivity index (χ4n) is 1.60. The molecule has 8 nitrogen and oxygen atoms in total. The number of thiazole rings is 1. The molecule has 0 aliphatic heterocycles. The lowest BCUT2D eigenvalue weighted by Gasteiger charge is -2.08. The van der Waals surface area contributed by atoms with Crippen molar-refractivity contribution in [3.05, 3.63) is 37.5 Å². The summed E-state index contributed by atoms with van der Waals surface area (Å²) in [5.41, 5.74) is -2.75. The van der Waals surface area contributed by atoms with Gasteiger partial charge in [-0.1, -0.05) is 11.3 Å². The molecule has 0 atom stereocenters. The zero-order chi connectivity index (χ0) is 16.7. The molecule has 0 saturated heterocycles. The molecule has 0 radical (unpaired) electrons. The normalized spacial score (nSPS) is 11.5. The molecule has 1 aromatic carbocycles. The van der Waals surface area contributed by atoms with Crippen LogP contribution in [0.15, 0.2) is 16.9 Å². The quantitative estimate of drug-likeness (QED) is 0.664. The third kappa shape index (κ3) is 2.72. The summed E-state index contributed by atoms with van der Waals surface area (Å²) in [5, 5.41) is 12.9. The molecule has 2 rings (SSSR count). The molecule has 0 spiro atoms. The van der Waals surface area contributed by atoms with Gasteiger partial charge >= 0.3 is 17.1 Å². The molecule has 0 unspecified atom stereocenters. The summed E-state index contributed by atoms with van der Waals surface area (Å²) in [7, 11) is 1.17. The summed E-state index contributed by atoms with van der Waals surface area (Å²) in [6, 6.07) is 0.825. The van der Waals surface area contributed by atoms with Crippen LogP contribution in [0.4, 0.5) is 23.7 Å². The second-order valence-electron chi connectivity index (χ2n) is 3.89. The molecule has 0 aliphatic rings. The molecule has 12 heteroatoms. The summed E-state index contributed by atoms with van der Waals surface area (Å²) in [6.07, 6.45) is -5.98. The van der Waals surface area contributed by atoms with Gasteiger partial charge in [-0.15, -0.1) is 4.73 Å². The summed E-state index contributed by atoms with van der Waals surface area (Å²) < 4.78 is 38.4. The van der Waals surface area contributed by atoms with Gasteiger partial charge in [0.15, 0.2) is 0 Å². The van der Waals surface area contributed by atoms with Crippen LogP contribution >= 0.6 is 11.3 Å². The molecular weight excluding hydrogens is 331 g/mol. The SMILES string of the molecule is CNC(=O)On1c(=O)sc2c([N+](=O)[O-])cc(C(F)(F)F)cc21. The number of nitrogens with zero attached hydrogens (tertiary/aromatic N) is 2. The molecule has 0 aliphatic carbocycles. The standard InChI is InChI=1S/C10H6F3N3O5S/c1-14-8(17)21-15-5-2-4(10(11,12)13)3-6(16(19)20)7(5)22-9(15)18/h2-3H,1H3,(H,14,17). The number of carbonyl (C=O) groups excluding carboxylic acids is 1. The largest absolute Gasteiger partial charge is 0.431 e. The lowest BCUT2D eigenvalue weighted by molar-refractivity contribution is -0.383. The van der Waals surface area contributed by atoms with E-state index in [1.807, 2.05) is 5.32 Å². The monoisotopic (exact) mass is 337 g/mol. The summed E-state index contributed by atoms with van der Waals surface area (Å²) in [6.45, 7) is 0. The fraction of sp³-hybridized carbons (Fsp3) is 0.200. The number of fused-ring (bicyclic) bond motifs is 1. The van der Waals surface area contributed by atoms with E-state index in [0.717, 1.165) is 0 Å². The van der Waals surface area contributed by atoms with Crippen LogP contribution in [0, 0.1) is 10.1 Å². The van der Waals surface area contributed by atoms with Crippen molar-refractivity contribution in [3.8, 4) is 0 Å². The number of nitrogens with one attached hydrogen (secondary N) is 1. The highest BCUT2D eigenvalue weighted by molar-refractivity contribution is 7.17. The highest BCUT2D eigenvalue weighted by Crippen LogP contribution is 2.37.